The predicted octanol–water partition coefficient (Wildman–Crippen LogP) is 4.43. The van der Waals surface area contributed by atoms with Crippen molar-refractivity contribution < 1.29 is 22.7 Å². The Bertz CT molecular complexity index is 983. The fraction of sp³-hybridized carbons (Fsp3) is 0.500. The van der Waals surface area contributed by atoms with Gasteiger partial charge < -0.3 is 10.1 Å². The third kappa shape index (κ3) is 4.90. The number of alkyl halides is 3. The molecule has 172 valence electrons. The molecule has 2 aliphatic rings. The maximum Gasteiger partial charge on any atom is 0.416 e. The van der Waals surface area contributed by atoms with Crippen molar-refractivity contribution in [3.63, 3.8) is 0 Å². The molecule has 1 saturated carbocycles. The molecular formula is C24H28F3N3O2. The standard InChI is InChI=1S/C24H28F3N3O2/c1-15-8-16(11-30-12-18(13-30)23(31)28-2)6-7-22(15)32-14-19-9-21(24(25,26)27)20(10-29-19)17-4-3-5-17/h6-10,17-18H,3-5,11-14H2,1-2H3,(H,28,31). The Balaban J connectivity index is 1.37. The number of carbonyl (C=O) groups is 1. The van der Waals surface area contributed by atoms with E-state index < -0.39 is 11.7 Å². The monoisotopic (exact) mass is 447 g/mol. The molecule has 1 aromatic carbocycles. The molecular weight excluding hydrogens is 419 g/mol. The first-order valence-electron chi connectivity index (χ1n) is 11.0. The van der Waals surface area contributed by atoms with Crippen molar-refractivity contribution in [1.82, 2.24) is 15.2 Å². The second-order valence-electron chi connectivity index (χ2n) is 8.78. The summed E-state index contributed by atoms with van der Waals surface area (Å²) in [6.07, 6.45) is -0.477. The Hall–Kier alpha value is -2.61. The fourth-order valence-corrected chi connectivity index (χ4v) is 4.33. The van der Waals surface area contributed by atoms with Crippen molar-refractivity contribution in [3.8, 4) is 5.75 Å². The Morgan fingerprint density at radius 3 is 2.59 bits per heavy atom. The lowest BCUT2D eigenvalue weighted by atomic mass is 9.78. The Kier molecular flexibility index (Phi) is 6.42. The van der Waals surface area contributed by atoms with Crippen LogP contribution in [0.5, 0.6) is 5.75 Å². The zero-order valence-electron chi connectivity index (χ0n) is 18.3. The molecule has 1 aliphatic carbocycles. The molecule has 5 nitrogen and oxygen atoms in total. The van der Waals surface area contributed by atoms with E-state index in [0.29, 0.717) is 11.3 Å². The van der Waals surface area contributed by atoms with Crippen molar-refractivity contribution in [2.75, 3.05) is 20.1 Å². The molecule has 1 saturated heterocycles. The number of aromatic nitrogens is 1. The molecule has 0 atom stereocenters. The highest BCUT2D eigenvalue weighted by Gasteiger charge is 2.37. The van der Waals surface area contributed by atoms with Gasteiger partial charge in [-0.2, -0.15) is 13.2 Å². The van der Waals surface area contributed by atoms with Gasteiger partial charge in [0.1, 0.15) is 12.4 Å². The minimum Gasteiger partial charge on any atom is -0.487 e. The molecule has 1 aliphatic heterocycles. The SMILES string of the molecule is CNC(=O)C1CN(Cc2ccc(OCc3cc(C(F)(F)F)c(C4CCC4)cn3)c(C)c2)C1. The second-order valence-corrected chi connectivity index (χ2v) is 8.78. The lowest BCUT2D eigenvalue weighted by molar-refractivity contribution is -0.138. The maximum absolute atomic E-state index is 13.6. The molecule has 2 fully saturated rings. The lowest BCUT2D eigenvalue weighted by Crippen LogP contribution is -2.52. The zero-order chi connectivity index (χ0) is 22.9. The van der Waals surface area contributed by atoms with Crippen LogP contribution in [0.1, 0.15) is 53.1 Å². The van der Waals surface area contributed by atoms with Gasteiger partial charge in [0, 0.05) is 32.9 Å². The summed E-state index contributed by atoms with van der Waals surface area (Å²) in [6.45, 7) is 4.11. The number of likely N-dealkylation sites (tertiary alicyclic amines) is 1. The van der Waals surface area contributed by atoms with Crippen LogP contribution >= 0.6 is 0 Å². The number of rotatable bonds is 7. The van der Waals surface area contributed by atoms with Gasteiger partial charge in [-0.05, 0) is 54.5 Å². The maximum atomic E-state index is 13.6. The van der Waals surface area contributed by atoms with Crippen molar-refractivity contribution in [3.05, 3.63) is 58.4 Å². The minimum absolute atomic E-state index is 0.0197. The molecule has 1 amide bonds. The van der Waals surface area contributed by atoms with Crippen molar-refractivity contribution >= 4 is 5.91 Å². The van der Waals surface area contributed by atoms with Crippen LogP contribution in [0.4, 0.5) is 13.2 Å². The van der Waals surface area contributed by atoms with Gasteiger partial charge in [-0.15, -0.1) is 0 Å². The van der Waals surface area contributed by atoms with Crippen LogP contribution < -0.4 is 10.1 Å². The Morgan fingerprint density at radius 1 is 1.25 bits per heavy atom. The van der Waals surface area contributed by atoms with Crippen LogP contribution in [0, 0.1) is 12.8 Å². The number of aryl methyl sites for hydroxylation is 1. The molecule has 0 radical (unpaired) electrons. The first-order chi connectivity index (χ1) is 15.2. The van der Waals surface area contributed by atoms with Gasteiger partial charge >= 0.3 is 6.18 Å². The number of halogens is 3. The van der Waals surface area contributed by atoms with Gasteiger partial charge in [0.2, 0.25) is 5.91 Å². The molecule has 8 heteroatoms. The normalized spacial score (nSPS) is 17.5. The van der Waals surface area contributed by atoms with Crippen molar-refractivity contribution in [2.45, 2.75) is 51.4 Å². The largest absolute Gasteiger partial charge is 0.487 e. The van der Waals surface area contributed by atoms with E-state index in [9.17, 15) is 18.0 Å². The van der Waals surface area contributed by atoms with Gasteiger partial charge in [0.15, 0.2) is 0 Å². The van der Waals surface area contributed by atoms with E-state index in [-0.39, 0.29) is 30.0 Å². The van der Waals surface area contributed by atoms with Gasteiger partial charge in [-0.25, -0.2) is 0 Å². The van der Waals surface area contributed by atoms with Crippen LogP contribution in [-0.4, -0.2) is 35.9 Å². The highest BCUT2D eigenvalue weighted by atomic mass is 19.4. The van der Waals surface area contributed by atoms with E-state index in [1.54, 1.807) is 7.05 Å². The molecule has 1 aromatic heterocycles. The molecule has 0 unspecified atom stereocenters. The smallest absolute Gasteiger partial charge is 0.416 e. The average Bonchev–Trinajstić information content (AvgIpc) is 2.68. The Morgan fingerprint density at radius 2 is 2.00 bits per heavy atom. The minimum atomic E-state index is -4.39. The van der Waals surface area contributed by atoms with E-state index >= 15 is 0 Å². The molecule has 2 aromatic rings. The summed E-state index contributed by atoms with van der Waals surface area (Å²) >= 11 is 0. The zero-order valence-corrected chi connectivity index (χ0v) is 18.3. The predicted molar refractivity (Wildman–Crippen MR) is 114 cm³/mol. The topological polar surface area (TPSA) is 54.5 Å². The highest BCUT2D eigenvalue weighted by Crippen LogP contribution is 2.43. The number of pyridine rings is 1. The van der Waals surface area contributed by atoms with E-state index in [4.69, 9.17) is 4.74 Å². The van der Waals surface area contributed by atoms with Crippen LogP contribution in [0.2, 0.25) is 0 Å². The quantitative estimate of drug-likeness (QED) is 0.682. The third-order valence-corrected chi connectivity index (χ3v) is 6.44. The number of ether oxygens (including phenoxy) is 1. The number of carbonyl (C=O) groups excluding carboxylic acids is 1. The van der Waals surface area contributed by atoms with Crippen molar-refractivity contribution in [2.24, 2.45) is 5.92 Å². The van der Waals surface area contributed by atoms with Gasteiger partial charge in [0.25, 0.3) is 0 Å². The number of nitrogens with zero attached hydrogens (tertiary/aromatic N) is 2. The number of nitrogens with one attached hydrogen (secondary N) is 1. The Labute approximate surface area is 186 Å². The van der Waals surface area contributed by atoms with Crippen molar-refractivity contribution in [1.29, 1.82) is 0 Å². The average molecular weight is 448 g/mol. The van der Waals surface area contributed by atoms with Gasteiger partial charge in [-0.1, -0.05) is 18.6 Å². The lowest BCUT2D eigenvalue weighted by Gasteiger charge is -2.38. The highest BCUT2D eigenvalue weighted by molar-refractivity contribution is 5.79. The summed E-state index contributed by atoms with van der Waals surface area (Å²) in [5, 5.41) is 2.67. The van der Waals surface area contributed by atoms with Crippen LogP contribution in [-0.2, 0) is 24.1 Å². The number of hydrogen-bond acceptors (Lipinski definition) is 4. The van der Waals surface area contributed by atoms with E-state index in [0.717, 1.165) is 56.1 Å². The molecule has 0 spiro atoms. The number of hydrogen-bond donors (Lipinski definition) is 1. The van der Waals surface area contributed by atoms with Crippen LogP contribution in [0.15, 0.2) is 30.5 Å². The summed E-state index contributed by atoms with van der Waals surface area (Å²) in [6, 6.07) is 6.93. The number of benzene rings is 1. The van der Waals surface area contributed by atoms with E-state index in [1.165, 1.54) is 6.20 Å². The summed E-state index contributed by atoms with van der Waals surface area (Å²) in [4.78, 5) is 18.0. The first kappa shape index (κ1) is 22.6. The third-order valence-electron chi connectivity index (χ3n) is 6.44. The molecule has 32 heavy (non-hydrogen) atoms. The van der Waals surface area contributed by atoms with Gasteiger partial charge in [0.05, 0.1) is 17.2 Å². The first-order valence-corrected chi connectivity index (χ1v) is 11.0. The fourth-order valence-electron chi connectivity index (χ4n) is 4.33. The molecule has 2 heterocycles. The van der Waals surface area contributed by atoms with Crippen LogP contribution in [0.3, 0.4) is 0 Å². The second kappa shape index (κ2) is 9.10. The number of amides is 1. The summed E-state index contributed by atoms with van der Waals surface area (Å²) in [7, 11) is 1.65. The van der Waals surface area contributed by atoms with Gasteiger partial charge in [-0.3, -0.25) is 14.7 Å². The summed E-state index contributed by atoms with van der Waals surface area (Å²) < 4.78 is 46.5. The summed E-state index contributed by atoms with van der Waals surface area (Å²) in [5.74, 6) is 0.707. The summed E-state index contributed by atoms with van der Waals surface area (Å²) in [5.41, 5.74) is 2.00. The molecule has 1 N–H and O–H groups in total. The molecule has 0 bridgehead atoms. The van der Waals surface area contributed by atoms with Crippen LogP contribution in [0.25, 0.3) is 0 Å². The van der Waals surface area contributed by atoms with E-state index in [2.05, 4.69) is 15.2 Å². The van der Waals surface area contributed by atoms with E-state index in [1.807, 2.05) is 25.1 Å². The molecule has 4 rings (SSSR count).